The molecule has 3 N–H and O–H groups in total. The van der Waals surface area contributed by atoms with Crippen molar-refractivity contribution in [1.82, 2.24) is 20.1 Å². The highest BCUT2D eigenvalue weighted by atomic mass is 35.5. The number of fused-ring (bicyclic) bond motifs is 1. The number of hydrogen-bond acceptors (Lipinski definition) is 4. The van der Waals surface area contributed by atoms with Crippen molar-refractivity contribution in [3.8, 4) is 0 Å². The lowest BCUT2D eigenvalue weighted by Crippen LogP contribution is -2.44. The Bertz CT molecular complexity index is 460. The van der Waals surface area contributed by atoms with E-state index in [1.807, 2.05) is 13.8 Å². The molecule has 0 saturated carbocycles. The molecule has 1 amide bonds. The van der Waals surface area contributed by atoms with Crippen molar-refractivity contribution in [2.24, 2.45) is 11.7 Å². The van der Waals surface area contributed by atoms with E-state index < -0.39 is 6.04 Å². The Morgan fingerprint density at radius 1 is 1.33 bits per heavy atom. The fourth-order valence-electron chi connectivity index (χ4n) is 2.45. The standard InChI is InChI=1S/C14H25N5O.ClH/c1-10(2)13(15)14(20)16-8-7-12-18-17-11-6-4-3-5-9-19(11)12;/h10,13H,3-9,15H2,1-2H3,(H,16,20);1H/t13-;/m0./s1. The molecule has 0 bridgehead atoms. The Balaban J connectivity index is 0.00000220. The van der Waals surface area contributed by atoms with Crippen LogP contribution in [0.1, 0.15) is 44.8 Å². The zero-order valence-electron chi connectivity index (χ0n) is 12.8. The van der Waals surface area contributed by atoms with Gasteiger partial charge in [-0.15, -0.1) is 22.6 Å². The molecule has 1 aromatic heterocycles. The van der Waals surface area contributed by atoms with Crippen molar-refractivity contribution in [2.45, 2.75) is 58.5 Å². The molecular weight excluding hydrogens is 290 g/mol. The Labute approximate surface area is 132 Å². The van der Waals surface area contributed by atoms with Crippen LogP contribution < -0.4 is 11.1 Å². The fraction of sp³-hybridized carbons (Fsp3) is 0.786. The highest BCUT2D eigenvalue weighted by Gasteiger charge is 2.18. The van der Waals surface area contributed by atoms with Crippen molar-refractivity contribution in [1.29, 1.82) is 0 Å². The van der Waals surface area contributed by atoms with Crippen LogP contribution in [-0.4, -0.2) is 33.3 Å². The second-order valence-corrected chi connectivity index (χ2v) is 5.81. The predicted octanol–water partition coefficient (Wildman–Crippen LogP) is 1.07. The summed E-state index contributed by atoms with van der Waals surface area (Å²) in [5.74, 6) is 2.12. The van der Waals surface area contributed by atoms with Crippen LogP contribution in [0.4, 0.5) is 0 Å². The summed E-state index contributed by atoms with van der Waals surface area (Å²) in [7, 11) is 0. The Morgan fingerprint density at radius 2 is 2.10 bits per heavy atom. The van der Waals surface area contributed by atoms with Gasteiger partial charge in [0, 0.05) is 25.9 Å². The van der Waals surface area contributed by atoms with Gasteiger partial charge in [0.05, 0.1) is 6.04 Å². The summed E-state index contributed by atoms with van der Waals surface area (Å²) in [6.45, 7) is 5.46. The maximum Gasteiger partial charge on any atom is 0.237 e. The van der Waals surface area contributed by atoms with Crippen molar-refractivity contribution in [3.63, 3.8) is 0 Å². The predicted molar refractivity (Wildman–Crippen MR) is 84.4 cm³/mol. The number of hydrogen-bond donors (Lipinski definition) is 2. The van der Waals surface area contributed by atoms with Crippen molar-refractivity contribution < 1.29 is 4.79 Å². The number of amides is 1. The first kappa shape index (κ1) is 17.9. The van der Waals surface area contributed by atoms with Crippen LogP contribution in [0.2, 0.25) is 0 Å². The lowest BCUT2D eigenvalue weighted by Gasteiger charge is -2.15. The molecule has 0 radical (unpaired) electrons. The second-order valence-electron chi connectivity index (χ2n) is 5.81. The molecule has 0 saturated heterocycles. The first-order valence-electron chi connectivity index (χ1n) is 7.54. The highest BCUT2D eigenvalue weighted by molar-refractivity contribution is 5.85. The van der Waals surface area contributed by atoms with Crippen LogP contribution in [0.5, 0.6) is 0 Å². The first-order valence-corrected chi connectivity index (χ1v) is 7.54. The molecule has 1 aromatic rings. The van der Waals surface area contributed by atoms with Gasteiger partial charge in [-0.25, -0.2) is 0 Å². The third-order valence-electron chi connectivity index (χ3n) is 3.85. The van der Waals surface area contributed by atoms with E-state index in [2.05, 4.69) is 20.1 Å². The average molecular weight is 316 g/mol. The minimum atomic E-state index is -0.439. The number of carbonyl (C=O) groups is 1. The molecule has 1 aliphatic rings. The molecule has 1 atom stereocenters. The smallest absolute Gasteiger partial charge is 0.237 e. The Kier molecular flexibility index (Phi) is 7.11. The number of nitrogens with zero attached hydrogens (tertiary/aromatic N) is 3. The van der Waals surface area contributed by atoms with Gasteiger partial charge in [-0.3, -0.25) is 4.79 Å². The molecule has 2 rings (SSSR count). The summed E-state index contributed by atoms with van der Waals surface area (Å²) in [6, 6.07) is -0.439. The first-order chi connectivity index (χ1) is 9.59. The number of aryl methyl sites for hydroxylation is 1. The maximum absolute atomic E-state index is 11.8. The minimum absolute atomic E-state index is 0. The number of rotatable bonds is 5. The third-order valence-corrected chi connectivity index (χ3v) is 3.85. The summed E-state index contributed by atoms with van der Waals surface area (Å²) in [6.07, 6.45) is 5.35. The number of nitrogens with two attached hydrogens (primary N) is 1. The average Bonchev–Trinajstić information content (AvgIpc) is 2.66. The fourth-order valence-corrected chi connectivity index (χ4v) is 2.45. The van der Waals surface area contributed by atoms with Crippen molar-refractivity contribution >= 4 is 18.3 Å². The molecule has 7 heteroatoms. The quantitative estimate of drug-likeness (QED) is 0.851. The number of nitrogens with one attached hydrogen (secondary N) is 1. The van der Waals surface area contributed by atoms with Crippen LogP contribution in [0.15, 0.2) is 0 Å². The van der Waals surface area contributed by atoms with Gasteiger partial charge in [0.15, 0.2) is 0 Å². The minimum Gasteiger partial charge on any atom is -0.354 e. The molecule has 21 heavy (non-hydrogen) atoms. The molecule has 0 spiro atoms. The second kappa shape index (κ2) is 8.34. The van der Waals surface area contributed by atoms with Gasteiger partial charge in [-0.2, -0.15) is 0 Å². The highest BCUT2D eigenvalue weighted by Crippen LogP contribution is 2.14. The molecule has 6 nitrogen and oxygen atoms in total. The molecule has 0 fully saturated rings. The Morgan fingerprint density at radius 3 is 2.81 bits per heavy atom. The van der Waals surface area contributed by atoms with E-state index in [1.165, 1.54) is 19.3 Å². The van der Waals surface area contributed by atoms with Gasteiger partial charge < -0.3 is 15.6 Å². The number of aromatic nitrogens is 3. The van der Waals surface area contributed by atoms with Gasteiger partial charge >= 0.3 is 0 Å². The number of halogens is 1. The van der Waals surface area contributed by atoms with Gasteiger partial charge in [0.2, 0.25) is 5.91 Å². The molecular formula is C14H26ClN5O. The van der Waals surface area contributed by atoms with E-state index in [9.17, 15) is 4.79 Å². The van der Waals surface area contributed by atoms with Crippen molar-refractivity contribution in [2.75, 3.05) is 6.54 Å². The van der Waals surface area contributed by atoms with Gasteiger partial charge in [-0.1, -0.05) is 20.3 Å². The normalized spacial score (nSPS) is 15.8. The monoisotopic (exact) mass is 315 g/mol. The van der Waals surface area contributed by atoms with E-state index in [0.29, 0.717) is 13.0 Å². The SMILES string of the molecule is CC(C)[C@H](N)C(=O)NCCc1nnc2n1CCCCC2.Cl. The molecule has 120 valence electrons. The molecule has 0 aromatic carbocycles. The van der Waals surface area contributed by atoms with Gasteiger partial charge in [0.25, 0.3) is 0 Å². The van der Waals surface area contributed by atoms with Crippen molar-refractivity contribution in [3.05, 3.63) is 11.6 Å². The summed E-state index contributed by atoms with van der Waals surface area (Å²) in [5, 5.41) is 11.4. The van der Waals surface area contributed by atoms with Crippen LogP contribution >= 0.6 is 12.4 Å². The maximum atomic E-state index is 11.8. The zero-order valence-corrected chi connectivity index (χ0v) is 13.7. The van der Waals surface area contributed by atoms with E-state index in [0.717, 1.165) is 24.6 Å². The van der Waals surface area contributed by atoms with Crippen LogP contribution in [0.3, 0.4) is 0 Å². The summed E-state index contributed by atoms with van der Waals surface area (Å²) >= 11 is 0. The lowest BCUT2D eigenvalue weighted by atomic mass is 10.1. The van der Waals surface area contributed by atoms with Crippen LogP contribution in [0, 0.1) is 5.92 Å². The van der Waals surface area contributed by atoms with Gasteiger partial charge in [0.1, 0.15) is 11.6 Å². The molecule has 2 heterocycles. The lowest BCUT2D eigenvalue weighted by molar-refractivity contribution is -0.123. The largest absolute Gasteiger partial charge is 0.354 e. The molecule has 1 aliphatic heterocycles. The summed E-state index contributed by atoms with van der Waals surface area (Å²) in [4.78, 5) is 11.8. The third kappa shape index (κ3) is 4.68. The number of carbonyl (C=O) groups excluding carboxylic acids is 1. The van der Waals surface area contributed by atoms with Crippen LogP contribution in [-0.2, 0) is 24.2 Å². The molecule has 0 aliphatic carbocycles. The zero-order chi connectivity index (χ0) is 14.5. The summed E-state index contributed by atoms with van der Waals surface area (Å²) in [5.41, 5.74) is 5.81. The Hall–Kier alpha value is -1.14. The van der Waals surface area contributed by atoms with Gasteiger partial charge in [-0.05, 0) is 18.8 Å². The summed E-state index contributed by atoms with van der Waals surface area (Å²) < 4.78 is 2.21. The molecule has 0 unspecified atom stereocenters. The topological polar surface area (TPSA) is 85.8 Å². The van der Waals surface area contributed by atoms with Crippen LogP contribution in [0.25, 0.3) is 0 Å². The van der Waals surface area contributed by atoms with E-state index in [4.69, 9.17) is 5.73 Å². The van der Waals surface area contributed by atoms with E-state index >= 15 is 0 Å². The van der Waals surface area contributed by atoms with E-state index in [1.54, 1.807) is 0 Å². The van der Waals surface area contributed by atoms with E-state index in [-0.39, 0.29) is 24.2 Å².